The largest absolute Gasteiger partial charge is 0.497 e. The molecule has 2 aliphatic rings. The fourth-order valence-corrected chi connectivity index (χ4v) is 3.94. The van der Waals surface area contributed by atoms with Crippen molar-refractivity contribution in [2.75, 3.05) is 53.6 Å². The van der Waals surface area contributed by atoms with E-state index in [2.05, 4.69) is 0 Å². The number of rotatable bonds is 6. The highest BCUT2D eigenvalue weighted by atomic mass is 16.5. The zero-order valence-electron chi connectivity index (χ0n) is 16.8. The third-order valence-corrected chi connectivity index (χ3v) is 5.57. The third kappa shape index (κ3) is 4.95. The number of benzene rings is 1. The van der Waals surface area contributed by atoms with Crippen LogP contribution in [-0.2, 0) is 9.53 Å². The second kappa shape index (κ2) is 9.78. The zero-order valence-corrected chi connectivity index (χ0v) is 16.8. The first-order chi connectivity index (χ1) is 13.6. The molecule has 2 fully saturated rings. The average Bonchev–Trinajstić information content (AvgIpc) is 2.77. The van der Waals surface area contributed by atoms with Gasteiger partial charge in [0, 0.05) is 32.6 Å². The minimum absolute atomic E-state index is 0.0417. The van der Waals surface area contributed by atoms with Crippen molar-refractivity contribution < 1.29 is 23.8 Å². The minimum atomic E-state index is -0.0417. The summed E-state index contributed by atoms with van der Waals surface area (Å²) in [7, 11) is 3.15. The molecule has 0 saturated carbocycles. The van der Waals surface area contributed by atoms with Gasteiger partial charge in [0.2, 0.25) is 5.91 Å². The minimum Gasteiger partial charge on any atom is -0.497 e. The summed E-state index contributed by atoms with van der Waals surface area (Å²) in [6, 6.07) is 5.27. The molecule has 2 heterocycles. The van der Waals surface area contributed by atoms with Gasteiger partial charge in [-0.1, -0.05) is 0 Å². The molecular weight excluding hydrogens is 360 g/mol. The maximum atomic E-state index is 13.1. The summed E-state index contributed by atoms with van der Waals surface area (Å²) in [5, 5.41) is 0. The molecule has 0 bridgehead atoms. The van der Waals surface area contributed by atoms with Gasteiger partial charge in [0.25, 0.3) is 5.91 Å². The quantitative estimate of drug-likeness (QED) is 0.745. The van der Waals surface area contributed by atoms with Crippen LogP contribution in [-0.4, -0.2) is 75.2 Å². The van der Waals surface area contributed by atoms with Crippen molar-refractivity contribution in [1.29, 1.82) is 0 Å². The predicted molar refractivity (Wildman–Crippen MR) is 105 cm³/mol. The molecular formula is C21H30N2O5. The van der Waals surface area contributed by atoms with E-state index in [4.69, 9.17) is 14.2 Å². The maximum absolute atomic E-state index is 13.1. The first-order valence-electron chi connectivity index (χ1n) is 9.99. The van der Waals surface area contributed by atoms with Gasteiger partial charge in [0.05, 0.1) is 33.0 Å². The van der Waals surface area contributed by atoms with E-state index in [9.17, 15) is 9.59 Å². The predicted octanol–water partition coefficient (Wildman–Crippen LogP) is 2.20. The van der Waals surface area contributed by atoms with Crippen LogP contribution in [0.5, 0.6) is 11.5 Å². The van der Waals surface area contributed by atoms with Crippen molar-refractivity contribution >= 4 is 11.8 Å². The summed E-state index contributed by atoms with van der Waals surface area (Å²) in [6.45, 7) is 4.02. The molecule has 0 spiro atoms. The van der Waals surface area contributed by atoms with E-state index in [0.29, 0.717) is 62.2 Å². The number of carbonyl (C=O) groups is 2. The van der Waals surface area contributed by atoms with E-state index in [0.717, 1.165) is 25.8 Å². The number of amides is 2. The van der Waals surface area contributed by atoms with Crippen LogP contribution in [0.1, 0.15) is 36.0 Å². The lowest BCUT2D eigenvalue weighted by Gasteiger charge is -2.34. The number of nitrogens with zero attached hydrogens (tertiary/aromatic N) is 2. The van der Waals surface area contributed by atoms with Crippen LogP contribution in [0.3, 0.4) is 0 Å². The highest BCUT2D eigenvalue weighted by molar-refractivity contribution is 5.97. The Morgan fingerprint density at radius 1 is 1.11 bits per heavy atom. The van der Waals surface area contributed by atoms with Crippen LogP contribution in [0.15, 0.2) is 18.2 Å². The number of carbonyl (C=O) groups excluding carboxylic acids is 2. The van der Waals surface area contributed by atoms with Crippen molar-refractivity contribution in [2.24, 2.45) is 5.92 Å². The van der Waals surface area contributed by atoms with Crippen LogP contribution < -0.4 is 9.47 Å². The lowest BCUT2D eigenvalue weighted by molar-refractivity contribution is -0.135. The van der Waals surface area contributed by atoms with E-state index in [1.165, 1.54) is 0 Å². The fraction of sp³-hybridized carbons (Fsp3) is 0.619. The topological polar surface area (TPSA) is 68.3 Å². The molecule has 0 aromatic heterocycles. The van der Waals surface area contributed by atoms with E-state index >= 15 is 0 Å². The summed E-state index contributed by atoms with van der Waals surface area (Å²) in [6.07, 6.45) is 3.36. The van der Waals surface area contributed by atoms with Gasteiger partial charge in [-0.05, 0) is 43.4 Å². The average molecular weight is 390 g/mol. The van der Waals surface area contributed by atoms with Gasteiger partial charge in [-0.15, -0.1) is 0 Å². The van der Waals surface area contributed by atoms with Crippen molar-refractivity contribution in [3.8, 4) is 11.5 Å². The van der Waals surface area contributed by atoms with Gasteiger partial charge in [0.15, 0.2) is 0 Å². The molecule has 7 nitrogen and oxygen atoms in total. The summed E-state index contributed by atoms with van der Waals surface area (Å²) in [4.78, 5) is 29.2. The molecule has 7 heteroatoms. The molecule has 2 saturated heterocycles. The number of morpholine rings is 1. The molecule has 2 aliphatic heterocycles. The van der Waals surface area contributed by atoms with Crippen molar-refractivity contribution in [1.82, 2.24) is 9.80 Å². The van der Waals surface area contributed by atoms with Gasteiger partial charge >= 0.3 is 0 Å². The molecule has 3 rings (SSSR count). The molecule has 0 radical (unpaired) electrons. The normalized spacial score (nSPS) is 20.0. The van der Waals surface area contributed by atoms with E-state index in [-0.39, 0.29) is 11.8 Å². The summed E-state index contributed by atoms with van der Waals surface area (Å²) >= 11 is 0. The molecule has 154 valence electrons. The van der Waals surface area contributed by atoms with Crippen LogP contribution >= 0.6 is 0 Å². The number of hydrogen-bond donors (Lipinski definition) is 0. The Balaban J connectivity index is 1.58. The molecule has 0 unspecified atom stereocenters. The van der Waals surface area contributed by atoms with Gasteiger partial charge in [-0.2, -0.15) is 0 Å². The highest BCUT2D eigenvalue weighted by Crippen LogP contribution is 2.28. The second-order valence-corrected chi connectivity index (χ2v) is 7.36. The highest BCUT2D eigenvalue weighted by Gasteiger charge is 2.27. The van der Waals surface area contributed by atoms with Crippen LogP contribution in [0.2, 0.25) is 0 Å². The van der Waals surface area contributed by atoms with E-state index in [1.807, 2.05) is 9.80 Å². The fourth-order valence-electron chi connectivity index (χ4n) is 3.94. The van der Waals surface area contributed by atoms with E-state index in [1.54, 1.807) is 32.4 Å². The molecule has 1 aromatic carbocycles. The van der Waals surface area contributed by atoms with Crippen LogP contribution in [0.25, 0.3) is 0 Å². The van der Waals surface area contributed by atoms with Gasteiger partial charge in [0.1, 0.15) is 11.5 Å². The van der Waals surface area contributed by atoms with Crippen molar-refractivity contribution in [3.05, 3.63) is 23.8 Å². The number of piperidine rings is 1. The zero-order chi connectivity index (χ0) is 19.9. The van der Waals surface area contributed by atoms with Crippen LogP contribution in [0.4, 0.5) is 0 Å². The number of ether oxygens (including phenoxy) is 3. The second-order valence-electron chi connectivity index (χ2n) is 7.36. The van der Waals surface area contributed by atoms with Crippen LogP contribution in [0, 0.1) is 5.92 Å². The molecule has 0 N–H and O–H groups in total. The van der Waals surface area contributed by atoms with Crippen molar-refractivity contribution in [2.45, 2.75) is 25.7 Å². The lowest BCUT2D eigenvalue weighted by Crippen LogP contribution is -2.42. The third-order valence-electron chi connectivity index (χ3n) is 5.57. The monoisotopic (exact) mass is 390 g/mol. The van der Waals surface area contributed by atoms with Gasteiger partial charge < -0.3 is 24.0 Å². The Morgan fingerprint density at radius 2 is 1.89 bits per heavy atom. The molecule has 1 atom stereocenters. The van der Waals surface area contributed by atoms with Crippen molar-refractivity contribution in [3.63, 3.8) is 0 Å². The Kier molecular flexibility index (Phi) is 7.14. The molecule has 2 amide bonds. The summed E-state index contributed by atoms with van der Waals surface area (Å²) < 4.78 is 15.9. The molecule has 1 aromatic rings. The Hall–Kier alpha value is -2.28. The molecule has 0 aliphatic carbocycles. The SMILES string of the molecule is COc1ccc(OC)c(C(=O)N2CCC[C@@H](CCC(=O)N3CCOCC3)C2)c1. The van der Waals surface area contributed by atoms with Gasteiger partial charge in [-0.3, -0.25) is 9.59 Å². The van der Waals surface area contributed by atoms with E-state index < -0.39 is 0 Å². The Labute approximate surface area is 166 Å². The van der Waals surface area contributed by atoms with Gasteiger partial charge in [-0.25, -0.2) is 0 Å². The molecule has 28 heavy (non-hydrogen) atoms. The number of likely N-dealkylation sites (tertiary alicyclic amines) is 1. The standard InChI is InChI=1S/C21H30N2O5/c1-26-17-6-7-19(27-2)18(14-17)21(25)23-9-3-4-16(15-23)5-8-20(24)22-10-12-28-13-11-22/h6-7,14,16H,3-5,8-13,15H2,1-2H3/t16-/m0/s1. The first kappa shape index (κ1) is 20.5. The maximum Gasteiger partial charge on any atom is 0.257 e. The summed E-state index contributed by atoms with van der Waals surface area (Å²) in [5.74, 6) is 1.68. The lowest BCUT2D eigenvalue weighted by atomic mass is 9.92. The summed E-state index contributed by atoms with van der Waals surface area (Å²) in [5.41, 5.74) is 0.520. The Morgan fingerprint density at radius 3 is 2.61 bits per heavy atom. The Bertz CT molecular complexity index is 687. The number of methoxy groups -OCH3 is 2. The number of hydrogen-bond acceptors (Lipinski definition) is 5. The first-order valence-corrected chi connectivity index (χ1v) is 9.99. The smallest absolute Gasteiger partial charge is 0.257 e.